The highest BCUT2D eigenvalue weighted by molar-refractivity contribution is 7.20. The first kappa shape index (κ1) is 31.7. The molecule has 0 atom stereocenters. The Bertz CT molecular complexity index is 386. The van der Waals surface area contributed by atoms with Crippen LogP contribution in [0.2, 0.25) is 36.3 Å². The molecule has 0 radical (unpaired) electrons. The van der Waals surface area contributed by atoms with Gasteiger partial charge in [0, 0.05) is 0 Å². The molecule has 0 aromatic heterocycles. The van der Waals surface area contributed by atoms with E-state index < -0.39 is 15.7 Å². The van der Waals surface area contributed by atoms with E-state index in [4.69, 9.17) is 30.8 Å². The lowest BCUT2D eigenvalue weighted by molar-refractivity contribution is 0.321. The van der Waals surface area contributed by atoms with Crippen LogP contribution in [-0.2, 0) is 4.43 Å². The molecule has 0 aliphatic rings. The Morgan fingerprint density at radius 1 is 0.704 bits per heavy atom. The summed E-state index contributed by atoms with van der Waals surface area (Å²) in [6.45, 7) is 22.8. The summed E-state index contributed by atoms with van der Waals surface area (Å²) >= 11 is 6.15. The van der Waals surface area contributed by atoms with E-state index >= 15 is 0 Å². The summed E-state index contributed by atoms with van der Waals surface area (Å²) in [5, 5.41) is 25.1. The van der Waals surface area contributed by atoms with E-state index in [2.05, 4.69) is 67.7 Å². The lowest BCUT2D eigenvalue weighted by atomic mass is 10.2. The van der Waals surface area contributed by atoms with Crippen LogP contribution >= 0.6 is 11.1 Å². The van der Waals surface area contributed by atoms with Crippen LogP contribution in [0.15, 0.2) is 24.3 Å². The van der Waals surface area contributed by atoms with Gasteiger partial charge in [-0.1, -0.05) is 78.9 Å². The Hall–Kier alpha value is 0.0438. The fourth-order valence-electron chi connectivity index (χ4n) is 0.765. The first-order valence-corrected chi connectivity index (χ1v) is 16.4. The van der Waals surface area contributed by atoms with Crippen molar-refractivity contribution in [1.29, 1.82) is 0 Å². The third-order valence-electron chi connectivity index (χ3n) is 4.78. The summed E-state index contributed by atoms with van der Waals surface area (Å²) in [5.41, 5.74) is 0. The van der Waals surface area contributed by atoms with E-state index in [0.29, 0.717) is 11.6 Å². The van der Waals surface area contributed by atoms with Crippen molar-refractivity contribution in [2.24, 2.45) is 0 Å². The Morgan fingerprint density at radius 3 is 1.22 bits per heavy atom. The Kier molecular flexibility index (Phi) is 17.6. The molecule has 0 aliphatic carbocycles. The third-order valence-corrected chi connectivity index (χ3v) is 14.5. The molecule has 0 unspecified atom stereocenters. The van der Waals surface area contributed by atoms with Crippen LogP contribution in [0.25, 0.3) is 0 Å². The molecule has 4 nitrogen and oxygen atoms in total. The minimum Gasteiger partial charge on any atom is -0.413 e. The van der Waals surface area contributed by atoms with Gasteiger partial charge in [0.15, 0.2) is 15.7 Å². The highest BCUT2D eigenvalue weighted by Gasteiger charge is 2.36. The van der Waals surface area contributed by atoms with Crippen LogP contribution in [0, 0.1) is 0 Å². The molecule has 0 bridgehead atoms. The molecule has 0 fully saturated rings. The van der Waals surface area contributed by atoms with Gasteiger partial charge < -0.3 is 19.7 Å². The van der Waals surface area contributed by atoms with Crippen molar-refractivity contribution >= 4 is 26.8 Å². The fraction of sp³-hybridized carbons (Fsp3) is 0.800. The van der Waals surface area contributed by atoms with Crippen molar-refractivity contribution in [3.63, 3.8) is 0 Å². The minimum absolute atomic E-state index is 0.0144. The molecule has 27 heavy (non-hydrogen) atoms. The fourth-order valence-corrected chi connectivity index (χ4v) is 1.71. The van der Waals surface area contributed by atoms with Crippen molar-refractivity contribution in [3.05, 3.63) is 24.3 Å². The predicted molar refractivity (Wildman–Crippen MR) is 126 cm³/mol. The SMILES string of the molecule is CC(C)(C)[Si](C)(C)Cl.CC(C)(C)[Si](C)(C)OC/C=C\CO.OC/C=C\CO. The van der Waals surface area contributed by atoms with Gasteiger partial charge in [-0.3, -0.25) is 0 Å². The smallest absolute Gasteiger partial charge is 0.192 e. The Labute approximate surface area is 175 Å². The number of hydrogen-bond acceptors (Lipinski definition) is 4. The van der Waals surface area contributed by atoms with Crippen LogP contribution in [0.3, 0.4) is 0 Å². The van der Waals surface area contributed by atoms with Gasteiger partial charge >= 0.3 is 0 Å². The molecule has 3 N–H and O–H groups in total. The van der Waals surface area contributed by atoms with Gasteiger partial charge in [0.25, 0.3) is 0 Å². The first-order chi connectivity index (χ1) is 12.0. The third kappa shape index (κ3) is 19.1. The van der Waals surface area contributed by atoms with Gasteiger partial charge in [0.05, 0.1) is 26.4 Å². The van der Waals surface area contributed by atoms with Gasteiger partial charge in [0.1, 0.15) is 0 Å². The Morgan fingerprint density at radius 2 is 1.00 bits per heavy atom. The molecule has 7 heteroatoms. The van der Waals surface area contributed by atoms with E-state index in [9.17, 15) is 0 Å². The molecular weight excluding hydrogens is 396 g/mol. The number of aliphatic hydroxyl groups is 3. The topological polar surface area (TPSA) is 69.9 Å². The maximum atomic E-state index is 8.52. The molecule has 0 spiro atoms. The van der Waals surface area contributed by atoms with Gasteiger partial charge in [-0.15, -0.1) is 0 Å². The summed E-state index contributed by atoms with van der Waals surface area (Å²) in [4.78, 5) is 0. The van der Waals surface area contributed by atoms with Gasteiger partial charge in [-0.25, -0.2) is 0 Å². The van der Waals surface area contributed by atoms with Crippen LogP contribution < -0.4 is 0 Å². The van der Waals surface area contributed by atoms with Crippen LogP contribution in [-0.4, -0.2) is 57.4 Å². The normalized spacial score (nSPS) is 13.3. The maximum Gasteiger partial charge on any atom is 0.192 e. The monoisotopic (exact) mass is 440 g/mol. The zero-order valence-electron chi connectivity index (χ0n) is 19.3. The van der Waals surface area contributed by atoms with E-state index in [0.717, 1.165) is 0 Å². The quantitative estimate of drug-likeness (QED) is 0.297. The summed E-state index contributed by atoms with van der Waals surface area (Å²) in [7, 11) is -2.97. The molecule has 0 amide bonds. The first-order valence-electron chi connectivity index (χ1n) is 9.43. The zero-order chi connectivity index (χ0) is 22.4. The summed E-state index contributed by atoms with van der Waals surface area (Å²) < 4.78 is 5.84. The van der Waals surface area contributed by atoms with Crippen molar-refractivity contribution in [2.75, 3.05) is 26.4 Å². The molecule has 164 valence electrons. The molecule has 0 aliphatic heterocycles. The van der Waals surface area contributed by atoms with Crippen molar-refractivity contribution in [2.45, 2.75) is 77.8 Å². The van der Waals surface area contributed by atoms with Gasteiger partial charge in [-0.05, 0) is 23.2 Å². The van der Waals surface area contributed by atoms with Gasteiger partial charge in [-0.2, -0.15) is 11.1 Å². The molecule has 0 aromatic carbocycles. The van der Waals surface area contributed by atoms with Crippen LogP contribution in [0.4, 0.5) is 0 Å². The van der Waals surface area contributed by atoms with Crippen LogP contribution in [0.1, 0.15) is 41.5 Å². The van der Waals surface area contributed by atoms with Crippen LogP contribution in [0.5, 0.6) is 0 Å². The minimum atomic E-state index is -1.59. The second kappa shape index (κ2) is 15.0. The predicted octanol–water partition coefficient (Wildman–Crippen LogP) is 5.31. The highest BCUT2D eigenvalue weighted by Crippen LogP contribution is 2.38. The number of halogens is 1. The largest absolute Gasteiger partial charge is 0.413 e. The molecule has 0 rings (SSSR count). The maximum absolute atomic E-state index is 8.52. The van der Waals surface area contributed by atoms with E-state index in [-0.39, 0.29) is 24.9 Å². The second-order valence-corrected chi connectivity index (χ2v) is 21.4. The Balaban J connectivity index is -0.000000351. The summed E-state index contributed by atoms with van der Waals surface area (Å²) in [6, 6.07) is 0. The zero-order valence-corrected chi connectivity index (χ0v) is 22.0. The van der Waals surface area contributed by atoms with Gasteiger partial charge in [0.2, 0.25) is 0 Å². The number of hydrogen-bond donors (Lipinski definition) is 3. The number of aliphatic hydroxyl groups excluding tert-OH is 3. The van der Waals surface area contributed by atoms with E-state index in [1.807, 2.05) is 6.08 Å². The average Bonchev–Trinajstić information content (AvgIpc) is 2.47. The molecule has 0 saturated heterocycles. The lowest BCUT2D eigenvalue weighted by Crippen LogP contribution is -2.40. The van der Waals surface area contributed by atoms with Crippen molar-refractivity contribution in [1.82, 2.24) is 0 Å². The lowest BCUT2D eigenvalue weighted by Gasteiger charge is -2.35. The van der Waals surface area contributed by atoms with E-state index in [1.54, 1.807) is 6.08 Å². The second-order valence-electron chi connectivity index (χ2n) is 9.28. The number of rotatable bonds is 6. The highest BCUT2D eigenvalue weighted by atomic mass is 35.6. The molecule has 0 saturated carbocycles. The average molecular weight is 441 g/mol. The van der Waals surface area contributed by atoms with Crippen molar-refractivity contribution < 1.29 is 19.7 Å². The molecular formula is C20H45ClO4Si2. The van der Waals surface area contributed by atoms with Crippen molar-refractivity contribution in [3.8, 4) is 0 Å². The summed E-state index contributed by atoms with van der Waals surface area (Å²) in [6.07, 6.45) is 6.56. The molecule has 0 aromatic rings. The van der Waals surface area contributed by atoms with E-state index in [1.165, 1.54) is 12.2 Å². The standard InChI is InChI=1S/C10H22O2Si.C6H15ClSi.C4H8O2/c1-10(2,3)13(4,5)12-9-7-6-8-11;1-6(2,3)8(4,5)7;5-3-1-2-4-6/h6-7,11H,8-9H2,1-5H3;1-5H3;1-2,5-6H,3-4H2/b7-6-;;2-1-. The molecule has 0 heterocycles. The summed E-state index contributed by atoms with van der Waals surface area (Å²) in [5.74, 6) is 0.